The molecule has 0 heterocycles. The molecule has 0 aliphatic carbocycles. The summed E-state index contributed by atoms with van der Waals surface area (Å²) in [5, 5.41) is 0. The normalized spacial score (nSPS) is 11.2. The summed E-state index contributed by atoms with van der Waals surface area (Å²) in [6.45, 7) is 6.01. The average Bonchev–Trinajstić information content (AvgIpc) is 2.78. The highest BCUT2D eigenvalue weighted by atomic mass is 32.2. The Balaban J connectivity index is 1.59. The molecule has 0 aliphatic rings. The summed E-state index contributed by atoms with van der Waals surface area (Å²) < 4.78 is 26.8. The van der Waals surface area contributed by atoms with E-state index in [1.807, 2.05) is 37.3 Å². The van der Waals surface area contributed by atoms with Crippen molar-refractivity contribution in [2.24, 2.45) is 0 Å². The minimum atomic E-state index is -3.59. The topological polar surface area (TPSA) is 78.5 Å². The van der Waals surface area contributed by atoms with Crippen LogP contribution >= 0.6 is 0 Å². The molecule has 0 unspecified atom stereocenters. The van der Waals surface area contributed by atoms with Gasteiger partial charge in [0.1, 0.15) is 0 Å². The van der Waals surface area contributed by atoms with E-state index in [0.29, 0.717) is 11.3 Å². The molecule has 0 saturated carbocycles. The van der Waals surface area contributed by atoms with Crippen molar-refractivity contribution in [1.82, 2.24) is 15.2 Å². The first-order valence-corrected chi connectivity index (χ1v) is 11.1. The van der Waals surface area contributed by atoms with Crippen LogP contribution in [0.15, 0.2) is 90.3 Å². The first-order chi connectivity index (χ1) is 14.8. The number of aryl methyl sites for hydroxylation is 1. The van der Waals surface area contributed by atoms with Crippen molar-refractivity contribution in [3.63, 3.8) is 0 Å². The van der Waals surface area contributed by atoms with Gasteiger partial charge in [0.2, 0.25) is 10.0 Å². The summed E-state index contributed by atoms with van der Waals surface area (Å²) in [6, 6.07) is 23.0. The van der Waals surface area contributed by atoms with Crippen LogP contribution in [-0.4, -0.2) is 25.7 Å². The lowest BCUT2D eigenvalue weighted by molar-refractivity contribution is 0.0942. The summed E-state index contributed by atoms with van der Waals surface area (Å²) >= 11 is 0. The largest absolute Gasteiger partial charge is 0.298 e. The minimum absolute atomic E-state index is 0.196. The maximum absolute atomic E-state index is 12.7. The third kappa shape index (κ3) is 5.59. The van der Waals surface area contributed by atoms with Gasteiger partial charge >= 0.3 is 0 Å². The molecule has 0 bridgehead atoms. The second-order valence-corrected chi connectivity index (χ2v) is 9.24. The summed E-state index contributed by atoms with van der Waals surface area (Å²) in [4.78, 5) is 12.6. The predicted octanol–water partition coefficient (Wildman–Crippen LogP) is 3.72. The predicted molar refractivity (Wildman–Crippen MR) is 122 cm³/mol. The van der Waals surface area contributed by atoms with Crippen LogP contribution in [-0.2, 0) is 16.6 Å². The van der Waals surface area contributed by atoms with E-state index in [1.165, 1.54) is 11.4 Å². The highest BCUT2D eigenvalue weighted by Crippen LogP contribution is 2.18. The standard InChI is InChI=1S/C24H25N3O3S/c1-18-9-15-23(16-10-18)31(29,30)27(3)17-20-11-13-22(14-12-20)24(28)26-25-19(2)21-7-5-4-6-8-21/h4-16,25H,2,17H2,1,3H3,(H,26,28). The van der Waals surface area contributed by atoms with E-state index in [0.717, 1.165) is 16.7 Å². The third-order valence-corrected chi connectivity index (χ3v) is 6.62. The molecule has 6 nitrogen and oxygen atoms in total. The summed E-state index contributed by atoms with van der Waals surface area (Å²) in [6.07, 6.45) is 0. The van der Waals surface area contributed by atoms with Crippen LogP contribution < -0.4 is 10.9 Å². The number of amides is 1. The Morgan fingerprint density at radius 3 is 2.10 bits per heavy atom. The monoisotopic (exact) mass is 435 g/mol. The van der Waals surface area contributed by atoms with Crippen LogP contribution in [0.25, 0.3) is 5.70 Å². The number of carbonyl (C=O) groups excluding carboxylic acids is 1. The molecule has 31 heavy (non-hydrogen) atoms. The van der Waals surface area contributed by atoms with Crippen LogP contribution in [0.3, 0.4) is 0 Å². The van der Waals surface area contributed by atoms with Gasteiger partial charge in [-0.2, -0.15) is 4.31 Å². The minimum Gasteiger partial charge on any atom is -0.298 e. The molecule has 3 rings (SSSR count). The van der Waals surface area contributed by atoms with E-state index in [1.54, 1.807) is 48.5 Å². The lowest BCUT2D eigenvalue weighted by atomic mass is 10.1. The van der Waals surface area contributed by atoms with E-state index >= 15 is 0 Å². The molecular formula is C24H25N3O3S. The van der Waals surface area contributed by atoms with Gasteiger partial charge in [0.05, 0.1) is 10.6 Å². The number of sulfonamides is 1. The molecule has 0 aromatic heterocycles. The molecule has 0 atom stereocenters. The molecule has 3 aromatic carbocycles. The molecule has 3 aromatic rings. The van der Waals surface area contributed by atoms with Crippen LogP contribution in [0.4, 0.5) is 0 Å². The maximum Gasteiger partial charge on any atom is 0.269 e. The molecule has 0 fully saturated rings. The molecule has 2 N–H and O–H groups in total. The summed E-state index contributed by atoms with van der Waals surface area (Å²) in [5.41, 5.74) is 9.08. The van der Waals surface area contributed by atoms with Gasteiger partial charge in [-0.25, -0.2) is 8.42 Å². The van der Waals surface area contributed by atoms with E-state index < -0.39 is 10.0 Å². The van der Waals surface area contributed by atoms with Gasteiger partial charge in [-0.05, 0) is 42.3 Å². The fourth-order valence-electron chi connectivity index (χ4n) is 2.91. The van der Waals surface area contributed by atoms with Gasteiger partial charge < -0.3 is 0 Å². The number of hydrogen-bond donors (Lipinski definition) is 2. The van der Waals surface area contributed by atoms with Crippen molar-refractivity contribution in [2.45, 2.75) is 18.4 Å². The fraction of sp³-hybridized carbons (Fsp3) is 0.125. The zero-order valence-electron chi connectivity index (χ0n) is 17.5. The molecular weight excluding hydrogens is 410 g/mol. The number of hydrazine groups is 1. The maximum atomic E-state index is 12.7. The molecule has 0 saturated heterocycles. The van der Waals surface area contributed by atoms with E-state index in [4.69, 9.17) is 0 Å². The number of hydrogen-bond acceptors (Lipinski definition) is 4. The molecule has 0 aliphatic heterocycles. The van der Waals surface area contributed by atoms with Gasteiger partial charge in [-0.1, -0.05) is 66.7 Å². The highest BCUT2D eigenvalue weighted by Gasteiger charge is 2.20. The lowest BCUT2D eigenvalue weighted by Crippen LogP contribution is -2.35. The van der Waals surface area contributed by atoms with Crippen molar-refractivity contribution in [2.75, 3.05) is 7.05 Å². The van der Waals surface area contributed by atoms with Gasteiger partial charge in [-0.3, -0.25) is 15.6 Å². The summed E-state index contributed by atoms with van der Waals surface area (Å²) in [5.74, 6) is -0.315. The van der Waals surface area contributed by atoms with Crippen LogP contribution in [0.2, 0.25) is 0 Å². The van der Waals surface area contributed by atoms with Crippen LogP contribution in [0, 0.1) is 6.92 Å². The number of benzene rings is 3. The first-order valence-electron chi connectivity index (χ1n) is 9.70. The van der Waals surface area contributed by atoms with Crippen LogP contribution in [0.5, 0.6) is 0 Å². The number of nitrogens with zero attached hydrogens (tertiary/aromatic N) is 1. The quantitative estimate of drug-likeness (QED) is 0.529. The van der Waals surface area contributed by atoms with E-state index in [-0.39, 0.29) is 17.3 Å². The second-order valence-electron chi connectivity index (χ2n) is 7.19. The Hall–Kier alpha value is -3.42. The Kier molecular flexibility index (Phi) is 6.89. The number of nitrogens with one attached hydrogen (secondary N) is 2. The van der Waals surface area contributed by atoms with E-state index in [2.05, 4.69) is 17.4 Å². The molecule has 160 valence electrons. The Bertz CT molecular complexity index is 1160. The molecule has 0 spiro atoms. The number of carbonyl (C=O) groups is 1. The zero-order chi connectivity index (χ0) is 22.4. The van der Waals surface area contributed by atoms with Crippen molar-refractivity contribution in [1.29, 1.82) is 0 Å². The lowest BCUT2D eigenvalue weighted by Gasteiger charge is -2.17. The third-order valence-electron chi connectivity index (χ3n) is 4.80. The van der Waals surface area contributed by atoms with Gasteiger partial charge in [0.15, 0.2) is 0 Å². The smallest absolute Gasteiger partial charge is 0.269 e. The van der Waals surface area contributed by atoms with Crippen molar-refractivity contribution < 1.29 is 13.2 Å². The van der Waals surface area contributed by atoms with Gasteiger partial charge in [0, 0.05) is 19.2 Å². The highest BCUT2D eigenvalue weighted by molar-refractivity contribution is 7.89. The zero-order valence-corrected chi connectivity index (χ0v) is 18.3. The summed E-state index contributed by atoms with van der Waals surface area (Å²) in [7, 11) is -2.05. The average molecular weight is 436 g/mol. The molecule has 0 radical (unpaired) electrons. The van der Waals surface area contributed by atoms with Crippen molar-refractivity contribution in [3.8, 4) is 0 Å². The van der Waals surface area contributed by atoms with Gasteiger partial charge in [-0.15, -0.1) is 0 Å². The fourth-order valence-corrected chi connectivity index (χ4v) is 4.07. The Morgan fingerprint density at radius 2 is 1.48 bits per heavy atom. The Labute approximate surface area is 183 Å². The second kappa shape index (κ2) is 9.59. The van der Waals surface area contributed by atoms with Crippen LogP contribution in [0.1, 0.15) is 27.0 Å². The first kappa shape index (κ1) is 22.3. The molecule has 1 amide bonds. The van der Waals surface area contributed by atoms with E-state index in [9.17, 15) is 13.2 Å². The van der Waals surface area contributed by atoms with Crippen molar-refractivity contribution >= 4 is 21.6 Å². The Morgan fingerprint density at radius 1 is 0.871 bits per heavy atom. The molecule has 7 heteroatoms. The SMILES string of the molecule is C=C(NNC(=O)c1ccc(CN(C)S(=O)(=O)c2ccc(C)cc2)cc1)c1ccccc1. The number of rotatable bonds is 8. The van der Waals surface area contributed by atoms with Crippen molar-refractivity contribution in [3.05, 3.63) is 108 Å². The van der Waals surface area contributed by atoms with Gasteiger partial charge in [0.25, 0.3) is 5.91 Å².